The molecule has 13 heteroatoms. The summed E-state index contributed by atoms with van der Waals surface area (Å²) in [4.78, 5) is 13.8. The first-order chi connectivity index (χ1) is 20.6. The van der Waals surface area contributed by atoms with Crippen LogP contribution in [0.25, 0.3) is 22.8 Å². The molecule has 3 fully saturated rings. The minimum absolute atomic E-state index is 0.0173. The number of halogens is 2. The molecule has 0 aliphatic carbocycles. The first-order valence-corrected chi connectivity index (χ1v) is 15.1. The largest absolute Gasteiger partial charge is 0.378 e. The van der Waals surface area contributed by atoms with Gasteiger partial charge in [-0.25, -0.2) is 14.6 Å². The van der Waals surface area contributed by atoms with Crippen molar-refractivity contribution in [2.24, 2.45) is 0 Å². The first kappa shape index (κ1) is 28.9. The number of rotatable bonds is 5. The molecule has 0 amide bonds. The van der Waals surface area contributed by atoms with Crippen LogP contribution in [0.2, 0.25) is 10.0 Å². The Labute approximate surface area is 254 Å². The van der Waals surface area contributed by atoms with Gasteiger partial charge in [-0.1, -0.05) is 23.2 Å². The van der Waals surface area contributed by atoms with Gasteiger partial charge in [0.2, 0.25) is 0 Å². The zero-order valence-corrected chi connectivity index (χ0v) is 24.8. The van der Waals surface area contributed by atoms with E-state index in [0.29, 0.717) is 10.0 Å². The van der Waals surface area contributed by atoms with Crippen LogP contribution in [0, 0.1) is 0 Å². The average Bonchev–Trinajstić information content (AvgIpc) is 3.76. The number of pyridine rings is 2. The van der Waals surface area contributed by atoms with Crippen molar-refractivity contribution in [1.29, 1.82) is 0 Å². The number of morpholine rings is 2. The van der Waals surface area contributed by atoms with Crippen molar-refractivity contribution in [2.45, 2.75) is 25.5 Å². The summed E-state index contributed by atoms with van der Waals surface area (Å²) >= 11 is 12.5. The van der Waals surface area contributed by atoms with Crippen LogP contribution in [0.3, 0.4) is 0 Å². The molecule has 0 spiro atoms. The second-order valence-corrected chi connectivity index (χ2v) is 11.1. The van der Waals surface area contributed by atoms with Crippen molar-refractivity contribution >= 4 is 34.8 Å². The lowest BCUT2D eigenvalue weighted by Crippen LogP contribution is -2.36. The number of nitrogens with zero attached hydrogens (tertiary/aromatic N) is 7. The Hall–Kier alpha value is -3.22. The maximum Gasteiger partial charge on any atom is 0.150 e. The van der Waals surface area contributed by atoms with Gasteiger partial charge >= 0.3 is 0 Å². The molecule has 7 rings (SSSR count). The maximum absolute atomic E-state index is 6.37. The van der Waals surface area contributed by atoms with Crippen molar-refractivity contribution < 1.29 is 14.2 Å². The number of aromatic amines is 1. The quantitative estimate of drug-likeness (QED) is 0.329. The molecule has 3 aliphatic heterocycles. The first-order valence-electron chi connectivity index (χ1n) is 14.3. The smallest absolute Gasteiger partial charge is 0.150 e. The van der Waals surface area contributed by atoms with Gasteiger partial charge in [0.05, 0.1) is 49.2 Å². The molecule has 0 aromatic carbocycles. The fourth-order valence-electron chi connectivity index (χ4n) is 5.21. The minimum atomic E-state index is -0.0173. The van der Waals surface area contributed by atoms with E-state index in [2.05, 4.69) is 30.1 Å². The second-order valence-electron chi connectivity index (χ2n) is 10.2. The third kappa shape index (κ3) is 7.04. The Kier molecular flexibility index (Phi) is 9.51. The molecule has 7 heterocycles. The molecule has 1 N–H and O–H groups in total. The van der Waals surface area contributed by atoms with E-state index in [1.54, 1.807) is 12.4 Å². The Bertz CT molecular complexity index is 1430. The van der Waals surface area contributed by atoms with Gasteiger partial charge in [0, 0.05) is 55.2 Å². The Morgan fingerprint density at radius 1 is 0.738 bits per heavy atom. The van der Waals surface area contributed by atoms with E-state index < -0.39 is 0 Å². The summed E-state index contributed by atoms with van der Waals surface area (Å²) in [5, 5.41) is 12.6. The zero-order chi connectivity index (χ0) is 28.7. The third-order valence-electron chi connectivity index (χ3n) is 7.36. The van der Waals surface area contributed by atoms with E-state index >= 15 is 0 Å². The number of anilines is 2. The average molecular weight is 614 g/mol. The van der Waals surface area contributed by atoms with Crippen molar-refractivity contribution in [1.82, 2.24) is 29.9 Å². The van der Waals surface area contributed by atoms with E-state index in [1.807, 2.05) is 41.1 Å². The second kappa shape index (κ2) is 13.8. The highest BCUT2D eigenvalue weighted by Gasteiger charge is 2.22. The van der Waals surface area contributed by atoms with Gasteiger partial charge in [-0.05, 0) is 55.7 Å². The lowest BCUT2D eigenvalue weighted by molar-refractivity contribution is -0.0384. The van der Waals surface area contributed by atoms with Crippen molar-refractivity contribution in [3.63, 3.8) is 0 Å². The minimum Gasteiger partial charge on any atom is -0.378 e. The summed E-state index contributed by atoms with van der Waals surface area (Å²) in [6.07, 6.45) is 6.73. The molecule has 11 nitrogen and oxygen atoms in total. The Morgan fingerprint density at radius 2 is 1.38 bits per heavy atom. The van der Waals surface area contributed by atoms with Crippen LogP contribution in [0.15, 0.2) is 48.8 Å². The van der Waals surface area contributed by atoms with Gasteiger partial charge in [0.15, 0.2) is 6.23 Å². The predicted octanol–water partition coefficient (Wildman–Crippen LogP) is 5.10. The molecule has 0 saturated carbocycles. The topological polar surface area (TPSA) is 106 Å². The lowest BCUT2D eigenvalue weighted by Gasteiger charge is -2.28. The van der Waals surface area contributed by atoms with Gasteiger partial charge in [-0.2, -0.15) is 10.2 Å². The van der Waals surface area contributed by atoms with Crippen molar-refractivity contribution in [3.05, 3.63) is 58.8 Å². The van der Waals surface area contributed by atoms with Crippen LogP contribution in [-0.4, -0.2) is 89.2 Å². The van der Waals surface area contributed by atoms with Crippen molar-refractivity contribution in [3.8, 4) is 22.8 Å². The monoisotopic (exact) mass is 612 g/mol. The molecule has 1 atom stereocenters. The van der Waals surface area contributed by atoms with E-state index in [9.17, 15) is 0 Å². The highest BCUT2D eigenvalue weighted by molar-refractivity contribution is 6.31. The molecule has 0 bridgehead atoms. The lowest BCUT2D eigenvalue weighted by atomic mass is 10.2. The van der Waals surface area contributed by atoms with Crippen molar-refractivity contribution in [2.75, 3.05) is 69.0 Å². The zero-order valence-electron chi connectivity index (χ0n) is 23.3. The highest BCUT2D eigenvalue weighted by atomic mass is 35.5. The summed E-state index contributed by atoms with van der Waals surface area (Å²) in [7, 11) is 0. The van der Waals surface area contributed by atoms with Gasteiger partial charge in [0.25, 0.3) is 0 Å². The molecular formula is C29H34Cl2N8O3. The van der Waals surface area contributed by atoms with E-state index in [-0.39, 0.29) is 6.23 Å². The van der Waals surface area contributed by atoms with E-state index in [1.165, 1.54) is 0 Å². The van der Waals surface area contributed by atoms with Gasteiger partial charge in [-0.3, -0.25) is 5.10 Å². The van der Waals surface area contributed by atoms with E-state index in [0.717, 1.165) is 113 Å². The molecule has 4 aromatic rings. The van der Waals surface area contributed by atoms with Crippen LogP contribution in [0.4, 0.5) is 11.6 Å². The SMILES string of the molecule is Clc1cc(-c2ccn[nH]2)nc(N2CCOCC2)c1.Clc1cc(-c2ccnn2C2CCCCO2)nc(N2CCOCC2)c1. The molecule has 3 saturated heterocycles. The Balaban J connectivity index is 0.000000157. The molecule has 1 unspecified atom stereocenters. The number of hydrogen-bond donors (Lipinski definition) is 1. The van der Waals surface area contributed by atoms with Gasteiger partial charge in [-0.15, -0.1) is 0 Å². The molecular weight excluding hydrogens is 579 g/mol. The molecule has 222 valence electrons. The normalized spacial score (nSPS) is 19.3. The summed E-state index contributed by atoms with van der Waals surface area (Å²) in [6, 6.07) is 11.4. The number of hydrogen-bond acceptors (Lipinski definition) is 9. The Morgan fingerprint density at radius 3 is 1.98 bits per heavy atom. The molecule has 42 heavy (non-hydrogen) atoms. The predicted molar refractivity (Wildman–Crippen MR) is 162 cm³/mol. The van der Waals surface area contributed by atoms with Crippen LogP contribution in [-0.2, 0) is 14.2 Å². The fourth-order valence-corrected chi connectivity index (χ4v) is 5.61. The summed E-state index contributed by atoms with van der Waals surface area (Å²) in [5.41, 5.74) is 3.45. The van der Waals surface area contributed by atoms with Crippen LogP contribution in [0.5, 0.6) is 0 Å². The maximum atomic E-state index is 6.37. The molecule has 4 aromatic heterocycles. The summed E-state index contributed by atoms with van der Waals surface area (Å²) in [6.45, 7) is 7.03. The molecule has 3 aliphatic rings. The molecule has 0 radical (unpaired) electrons. The van der Waals surface area contributed by atoms with Crippen LogP contribution in [0.1, 0.15) is 25.5 Å². The van der Waals surface area contributed by atoms with E-state index in [4.69, 9.17) is 42.4 Å². The fraction of sp³-hybridized carbons (Fsp3) is 0.448. The number of aromatic nitrogens is 6. The number of ether oxygens (including phenoxy) is 3. The van der Waals surface area contributed by atoms with Crippen LogP contribution >= 0.6 is 23.2 Å². The standard InChI is InChI=1S/C17H21ClN4O2.C12H13ClN4O/c18-13-11-14(20-16(12-13)21-6-9-23-10-7-21)15-4-5-19-22(15)17-3-1-2-8-24-17;13-9-7-11(10-1-2-14-16-10)15-12(8-9)17-3-5-18-6-4-17/h4-5,11-12,17H,1-3,6-10H2;1-2,7-8H,3-6H2,(H,14,16). The number of nitrogens with one attached hydrogen (secondary N) is 1. The highest BCUT2D eigenvalue weighted by Crippen LogP contribution is 2.31. The van der Waals surface area contributed by atoms with Gasteiger partial charge < -0.3 is 24.0 Å². The summed E-state index contributed by atoms with van der Waals surface area (Å²) < 4.78 is 18.6. The number of H-pyrrole nitrogens is 1. The summed E-state index contributed by atoms with van der Waals surface area (Å²) in [5.74, 6) is 1.77. The van der Waals surface area contributed by atoms with Crippen LogP contribution < -0.4 is 9.80 Å². The third-order valence-corrected chi connectivity index (χ3v) is 7.80. The van der Waals surface area contributed by atoms with Gasteiger partial charge in [0.1, 0.15) is 11.6 Å².